The second-order valence-electron chi connectivity index (χ2n) is 5.46. The maximum atomic E-state index is 5.99. The van der Waals surface area contributed by atoms with E-state index in [1.807, 2.05) is 6.07 Å². The number of aryl methyl sites for hydroxylation is 1. The van der Waals surface area contributed by atoms with Gasteiger partial charge in [-0.15, -0.1) is 11.6 Å². The van der Waals surface area contributed by atoms with Crippen LogP contribution in [0.4, 0.5) is 5.69 Å². The Morgan fingerprint density at radius 1 is 1.05 bits per heavy atom. The summed E-state index contributed by atoms with van der Waals surface area (Å²) in [5, 5.41) is 3.59. The number of alkyl halides is 1. The van der Waals surface area contributed by atoms with E-state index in [9.17, 15) is 0 Å². The fraction of sp³-hybridized carbons (Fsp3) is 0.333. The van der Waals surface area contributed by atoms with Gasteiger partial charge in [0.05, 0.1) is 0 Å². The number of nitrogens with one attached hydrogen (secondary N) is 1. The Balaban J connectivity index is 1.73. The van der Waals surface area contributed by atoms with E-state index < -0.39 is 0 Å². The number of benzene rings is 2. The highest BCUT2D eigenvalue weighted by atomic mass is 35.5. The van der Waals surface area contributed by atoms with Gasteiger partial charge < -0.3 is 5.32 Å². The van der Waals surface area contributed by atoms with Crippen molar-refractivity contribution in [3.63, 3.8) is 0 Å². The Morgan fingerprint density at radius 3 is 2.75 bits per heavy atom. The highest BCUT2D eigenvalue weighted by Crippen LogP contribution is 2.32. The highest BCUT2D eigenvalue weighted by Gasteiger charge is 2.19. The van der Waals surface area contributed by atoms with E-state index >= 15 is 0 Å². The lowest BCUT2D eigenvalue weighted by Crippen LogP contribution is -2.18. The summed E-state index contributed by atoms with van der Waals surface area (Å²) in [5.74, 6) is 1.17. The molecule has 1 nitrogen and oxygen atoms in total. The van der Waals surface area contributed by atoms with Gasteiger partial charge >= 0.3 is 0 Å². The van der Waals surface area contributed by atoms with Crippen LogP contribution in [0.25, 0.3) is 0 Å². The van der Waals surface area contributed by atoms with Crippen LogP contribution in [-0.4, -0.2) is 6.54 Å². The number of fused-ring (bicyclic) bond motifs is 1. The largest absolute Gasteiger partial charge is 0.384 e. The van der Waals surface area contributed by atoms with Crippen molar-refractivity contribution in [3.8, 4) is 0 Å². The van der Waals surface area contributed by atoms with Gasteiger partial charge in [0.1, 0.15) is 0 Å². The lowest BCUT2D eigenvalue weighted by atomic mass is 9.83. The number of hydrogen-bond donors (Lipinski definition) is 1. The molecular weight excluding hydrogens is 266 g/mol. The maximum Gasteiger partial charge on any atom is 0.0494 e. The molecule has 1 unspecified atom stereocenters. The van der Waals surface area contributed by atoms with E-state index in [1.54, 1.807) is 0 Å². The van der Waals surface area contributed by atoms with Gasteiger partial charge in [0, 0.05) is 24.0 Å². The van der Waals surface area contributed by atoms with Crippen LogP contribution < -0.4 is 5.32 Å². The van der Waals surface area contributed by atoms with E-state index in [0.29, 0.717) is 11.8 Å². The molecule has 0 bridgehead atoms. The Bertz CT molecular complexity index is 579. The van der Waals surface area contributed by atoms with Crippen molar-refractivity contribution in [3.05, 3.63) is 65.2 Å². The fourth-order valence-electron chi connectivity index (χ4n) is 3.11. The van der Waals surface area contributed by atoms with Crippen molar-refractivity contribution in [2.75, 3.05) is 11.9 Å². The first-order valence-electron chi connectivity index (χ1n) is 7.34. The van der Waals surface area contributed by atoms with Crippen LogP contribution in [0.1, 0.15) is 35.4 Å². The summed E-state index contributed by atoms with van der Waals surface area (Å²) in [6.45, 7) is 0.991. The van der Waals surface area contributed by atoms with E-state index in [-0.39, 0.29) is 0 Å². The Kier molecular flexibility index (Phi) is 4.27. The van der Waals surface area contributed by atoms with Crippen LogP contribution in [0.5, 0.6) is 0 Å². The Labute approximate surface area is 126 Å². The minimum Gasteiger partial charge on any atom is -0.384 e. The van der Waals surface area contributed by atoms with E-state index in [4.69, 9.17) is 11.6 Å². The predicted octanol–water partition coefficient (Wildman–Crippen LogP) is 4.96. The van der Waals surface area contributed by atoms with Crippen molar-refractivity contribution in [2.45, 2.75) is 31.1 Å². The summed E-state index contributed by atoms with van der Waals surface area (Å²) in [6, 6.07) is 17.2. The van der Waals surface area contributed by atoms with Crippen molar-refractivity contribution < 1.29 is 0 Å². The third-order valence-electron chi connectivity index (χ3n) is 4.19. The molecule has 2 aromatic carbocycles. The van der Waals surface area contributed by atoms with E-state index in [2.05, 4.69) is 47.8 Å². The monoisotopic (exact) mass is 285 g/mol. The number of anilines is 1. The second kappa shape index (κ2) is 6.32. The molecule has 2 aromatic rings. The molecule has 0 aliphatic heterocycles. The van der Waals surface area contributed by atoms with E-state index in [0.717, 1.165) is 6.54 Å². The van der Waals surface area contributed by atoms with Crippen molar-refractivity contribution in [2.24, 2.45) is 0 Å². The third kappa shape index (κ3) is 2.83. The first-order valence-corrected chi connectivity index (χ1v) is 7.87. The molecule has 0 spiro atoms. The van der Waals surface area contributed by atoms with Gasteiger partial charge in [-0.05, 0) is 42.0 Å². The molecule has 1 atom stereocenters. The molecular formula is C18H20ClN. The number of rotatable bonds is 4. The number of halogens is 1. The van der Waals surface area contributed by atoms with Gasteiger partial charge in [-0.3, -0.25) is 0 Å². The average molecular weight is 286 g/mol. The maximum absolute atomic E-state index is 5.99. The average Bonchev–Trinajstić information content (AvgIpc) is 2.53. The fourth-order valence-corrected chi connectivity index (χ4v) is 3.34. The Morgan fingerprint density at radius 2 is 1.85 bits per heavy atom. The van der Waals surface area contributed by atoms with Crippen LogP contribution in [0, 0.1) is 0 Å². The van der Waals surface area contributed by atoms with Crippen molar-refractivity contribution >= 4 is 17.3 Å². The van der Waals surface area contributed by atoms with Crippen LogP contribution in [0.3, 0.4) is 0 Å². The normalized spacial score (nSPS) is 17.6. The first kappa shape index (κ1) is 13.5. The van der Waals surface area contributed by atoms with Gasteiger partial charge in [0.25, 0.3) is 0 Å². The molecule has 3 rings (SSSR count). The molecule has 0 aromatic heterocycles. The smallest absolute Gasteiger partial charge is 0.0494 e. The Hall–Kier alpha value is -1.47. The minimum absolute atomic E-state index is 0.560. The summed E-state index contributed by atoms with van der Waals surface area (Å²) in [4.78, 5) is 0. The molecule has 1 aliphatic carbocycles. The van der Waals surface area contributed by atoms with Crippen LogP contribution in [-0.2, 0) is 12.3 Å². The summed E-state index contributed by atoms with van der Waals surface area (Å²) in [5.41, 5.74) is 5.40. The van der Waals surface area contributed by atoms with Crippen molar-refractivity contribution in [1.82, 2.24) is 0 Å². The minimum atomic E-state index is 0.560. The van der Waals surface area contributed by atoms with Gasteiger partial charge in [-0.25, -0.2) is 0 Å². The second-order valence-corrected chi connectivity index (χ2v) is 5.73. The molecule has 0 fully saturated rings. The van der Waals surface area contributed by atoms with Crippen LogP contribution >= 0.6 is 11.6 Å². The SMILES string of the molecule is ClCc1ccccc1NCC1CCCc2ccccc21. The molecule has 1 N–H and O–H groups in total. The molecule has 0 radical (unpaired) electrons. The van der Waals surface area contributed by atoms with Crippen molar-refractivity contribution in [1.29, 1.82) is 0 Å². The molecule has 0 heterocycles. The quantitative estimate of drug-likeness (QED) is 0.783. The molecule has 20 heavy (non-hydrogen) atoms. The standard InChI is InChI=1S/C18H20ClN/c19-12-15-7-2-4-11-18(15)20-13-16-9-5-8-14-6-1-3-10-17(14)16/h1-4,6-7,10-11,16,20H,5,8-9,12-13H2. The summed E-state index contributed by atoms with van der Waals surface area (Å²) in [7, 11) is 0. The van der Waals surface area contributed by atoms with E-state index in [1.165, 1.54) is 41.6 Å². The molecule has 0 saturated carbocycles. The third-order valence-corrected chi connectivity index (χ3v) is 4.48. The zero-order valence-corrected chi connectivity index (χ0v) is 12.4. The molecule has 104 valence electrons. The first-order chi connectivity index (χ1) is 9.88. The summed E-state index contributed by atoms with van der Waals surface area (Å²) < 4.78 is 0. The van der Waals surface area contributed by atoms with Gasteiger partial charge in [-0.1, -0.05) is 42.5 Å². The zero-order chi connectivity index (χ0) is 13.8. The predicted molar refractivity (Wildman–Crippen MR) is 86.6 cm³/mol. The summed E-state index contributed by atoms with van der Waals surface area (Å²) in [6.07, 6.45) is 3.79. The lowest BCUT2D eigenvalue weighted by molar-refractivity contribution is 0.571. The van der Waals surface area contributed by atoms with Crippen LogP contribution in [0.2, 0.25) is 0 Å². The molecule has 0 amide bonds. The van der Waals surface area contributed by atoms with Crippen LogP contribution in [0.15, 0.2) is 48.5 Å². The van der Waals surface area contributed by atoms with Gasteiger partial charge in [0.2, 0.25) is 0 Å². The molecule has 1 aliphatic rings. The highest BCUT2D eigenvalue weighted by molar-refractivity contribution is 6.17. The lowest BCUT2D eigenvalue weighted by Gasteiger charge is -2.26. The summed E-state index contributed by atoms with van der Waals surface area (Å²) >= 11 is 5.99. The number of hydrogen-bond acceptors (Lipinski definition) is 1. The van der Waals surface area contributed by atoms with Gasteiger partial charge in [-0.2, -0.15) is 0 Å². The zero-order valence-electron chi connectivity index (χ0n) is 11.6. The topological polar surface area (TPSA) is 12.0 Å². The van der Waals surface area contributed by atoms with Gasteiger partial charge in [0.15, 0.2) is 0 Å². The molecule has 0 saturated heterocycles. The number of para-hydroxylation sites is 1. The molecule has 2 heteroatoms.